The number of para-hydroxylation sites is 1. The summed E-state index contributed by atoms with van der Waals surface area (Å²) in [6, 6.07) is 11.0. The zero-order valence-corrected chi connectivity index (χ0v) is 24.7. The molecule has 1 N–H and O–H groups in total. The number of hydrogen-bond acceptors (Lipinski definition) is 5. The van der Waals surface area contributed by atoms with Crippen LogP contribution in [0.3, 0.4) is 0 Å². The second-order valence-electron chi connectivity index (χ2n) is 8.45. The molecular formula is C24H30AcClNO5. The SMILES string of the molecule is CC[C@H]1O[C@H](c2cccc(OC)c2OC)c2cc(Cl)ccc2N(CC(C)(C)CO)C1=O.[Ac]. The molecule has 2 atom stereocenters. The molecule has 0 fully saturated rings. The van der Waals surface area contributed by atoms with E-state index in [4.69, 9.17) is 25.8 Å². The summed E-state index contributed by atoms with van der Waals surface area (Å²) in [6.07, 6.45) is -0.754. The fraction of sp³-hybridized carbons (Fsp3) is 0.458. The Morgan fingerprint density at radius 3 is 2.47 bits per heavy atom. The maximum absolute atomic E-state index is 13.5. The summed E-state index contributed by atoms with van der Waals surface area (Å²) in [5.41, 5.74) is 1.73. The van der Waals surface area contributed by atoms with Gasteiger partial charge in [0.25, 0.3) is 5.91 Å². The van der Waals surface area contributed by atoms with Gasteiger partial charge in [-0.2, -0.15) is 0 Å². The van der Waals surface area contributed by atoms with Gasteiger partial charge in [-0.1, -0.05) is 44.5 Å². The minimum absolute atomic E-state index is 0. The molecule has 0 spiro atoms. The molecule has 0 aromatic heterocycles. The van der Waals surface area contributed by atoms with Crippen molar-refractivity contribution in [1.29, 1.82) is 0 Å². The van der Waals surface area contributed by atoms with Crippen molar-refractivity contribution in [2.24, 2.45) is 5.41 Å². The largest absolute Gasteiger partial charge is 0.493 e. The number of carbonyl (C=O) groups is 1. The van der Waals surface area contributed by atoms with Gasteiger partial charge < -0.3 is 24.2 Å². The zero-order chi connectivity index (χ0) is 22.8. The molecule has 1 amide bonds. The van der Waals surface area contributed by atoms with Crippen LogP contribution in [-0.2, 0) is 9.53 Å². The summed E-state index contributed by atoms with van der Waals surface area (Å²) in [5, 5.41) is 10.4. The Balaban J connectivity index is 0.00000363. The van der Waals surface area contributed by atoms with E-state index < -0.39 is 17.6 Å². The summed E-state index contributed by atoms with van der Waals surface area (Å²) >= 11 is 6.37. The number of nitrogens with zero attached hydrogens (tertiary/aromatic N) is 1. The Kier molecular flexibility index (Phi) is 9.88. The van der Waals surface area contributed by atoms with Gasteiger partial charge in [0.1, 0.15) is 12.2 Å². The van der Waals surface area contributed by atoms with Crippen LogP contribution in [0.4, 0.5) is 5.69 Å². The molecule has 8 heteroatoms. The first-order valence-electron chi connectivity index (χ1n) is 10.3. The Morgan fingerprint density at radius 2 is 1.88 bits per heavy atom. The van der Waals surface area contributed by atoms with Crippen LogP contribution < -0.4 is 14.4 Å². The smallest absolute Gasteiger partial charge is 0.256 e. The number of anilines is 1. The molecule has 1 radical (unpaired) electrons. The number of aliphatic hydroxyl groups is 1. The number of aliphatic hydroxyl groups excluding tert-OH is 1. The van der Waals surface area contributed by atoms with Gasteiger partial charge >= 0.3 is 0 Å². The van der Waals surface area contributed by atoms with E-state index in [1.54, 1.807) is 25.2 Å². The first-order chi connectivity index (χ1) is 14.8. The minimum Gasteiger partial charge on any atom is -0.493 e. The molecule has 0 saturated heterocycles. The Morgan fingerprint density at radius 1 is 1.16 bits per heavy atom. The Labute approximate surface area is 230 Å². The van der Waals surface area contributed by atoms with Gasteiger partial charge in [0.15, 0.2) is 11.5 Å². The van der Waals surface area contributed by atoms with E-state index in [2.05, 4.69) is 0 Å². The van der Waals surface area contributed by atoms with Crippen molar-refractivity contribution in [3.8, 4) is 11.5 Å². The first kappa shape index (κ1) is 27.4. The Bertz CT molecular complexity index is 952. The van der Waals surface area contributed by atoms with E-state index in [0.29, 0.717) is 35.2 Å². The number of benzene rings is 2. The predicted octanol–water partition coefficient (Wildman–Crippen LogP) is 4.61. The maximum atomic E-state index is 13.5. The summed E-state index contributed by atoms with van der Waals surface area (Å²) in [6.45, 7) is 6.06. The second-order valence-corrected chi connectivity index (χ2v) is 8.88. The summed E-state index contributed by atoms with van der Waals surface area (Å²) < 4.78 is 17.5. The molecule has 1 aliphatic rings. The van der Waals surface area contributed by atoms with Gasteiger partial charge in [0, 0.05) is 84.5 Å². The van der Waals surface area contributed by atoms with E-state index in [1.807, 2.05) is 51.1 Å². The van der Waals surface area contributed by atoms with Crippen molar-refractivity contribution >= 4 is 23.2 Å². The van der Waals surface area contributed by atoms with E-state index >= 15 is 0 Å². The molecular weight excluding hydrogens is 645 g/mol. The third-order valence-electron chi connectivity index (χ3n) is 5.51. The van der Waals surface area contributed by atoms with Crippen LogP contribution in [0.1, 0.15) is 44.4 Å². The van der Waals surface area contributed by atoms with Crippen molar-refractivity contribution in [2.45, 2.75) is 39.4 Å². The van der Waals surface area contributed by atoms with Crippen molar-refractivity contribution < 1.29 is 68.2 Å². The summed E-state index contributed by atoms with van der Waals surface area (Å²) in [7, 11) is 3.16. The standard InChI is InChI=1S/C24H30ClNO5.Ac/c1-6-19-23(28)26(13-24(2,3)14-27)18-11-10-15(25)12-17(18)21(31-19)16-8-7-9-20(29-4)22(16)30-5;/h7-12,19,21,27H,6,13-14H2,1-5H3;/t19-,21-;/m1./s1. The van der Waals surface area contributed by atoms with E-state index in [9.17, 15) is 9.90 Å². The molecule has 0 unspecified atom stereocenters. The van der Waals surface area contributed by atoms with E-state index in [1.165, 1.54) is 0 Å². The van der Waals surface area contributed by atoms with Crippen LogP contribution in [0.5, 0.6) is 11.5 Å². The van der Waals surface area contributed by atoms with Crippen LogP contribution in [0.15, 0.2) is 36.4 Å². The molecule has 0 saturated carbocycles. The third kappa shape index (κ3) is 5.62. The molecule has 0 aliphatic carbocycles. The van der Waals surface area contributed by atoms with Crippen molar-refractivity contribution in [3.63, 3.8) is 0 Å². The monoisotopic (exact) mass is 674 g/mol. The van der Waals surface area contributed by atoms with Crippen LogP contribution in [0.2, 0.25) is 5.02 Å². The average molecular weight is 675 g/mol. The summed E-state index contributed by atoms with van der Waals surface area (Å²) in [4.78, 5) is 15.2. The Hall–Kier alpha value is -0.838. The molecule has 32 heavy (non-hydrogen) atoms. The molecule has 6 nitrogen and oxygen atoms in total. The molecule has 1 heterocycles. The van der Waals surface area contributed by atoms with Crippen LogP contribution in [0, 0.1) is 49.5 Å². The quantitative estimate of drug-likeness (QED) is 0.465. The third-order valence-corrected chi connectivity index (χ3v) is 5.74. The van der Waals surface area contributed by atoms with Crippen molar-refractivity contribution in [1.82, 2.24) is 0 Å². The first-order valence-corrected chi connectivity index (χ1v) is 10.7. The molecule has 1 aliphatic heterocycles. The molecule has 0 bridgehead atoms. The fourth-order valence-electron chi connectivity index (χ4n) is 3.84. The van der Waals surface area contributed by atoms with Crippen LogP contribution in [0.25, 0.3) is 0 Å². The molecule has 2 aromatic carbocycles. The normalized spacial score (nSPS) is 18.5. The molecule has 171 valence electrons. The molecule has 3 rings (SSSR count). The number of hydrogen-bond donors (Lipinski definition) is 1. The van der Waals surface area contributed by atoms with Gasteiger partial charge in [-0.05, 0) is 30.7 Å². The van der Waals surface area contributed by atoms with E-state index in [-0.39, 0.29) is 56.6 Å². The number of fused-ring (bicyclic) bond motifs is 1. The number of amides is 1. The summed E-state index contributed by atoms with van der Waals surface area (Å²) in [5.74, 6) is 0.985. The van der Waals surface area contributed by atoms with Crippen LogP contribution >= 0.6 is 11.6 Å². The zero-order valence-electron chi connectivity index (χ0n) is 19.2. The predicted molar refractivity (Wildman–Crippen MR) is 121 cm³/mol. The van der Waals surface area contributed by atoms with Gasteiger partial charge in [0.2, 0.25) is 0 Å². The number of methoxy groups -OCH3 is 2. The average Bonchev–Trinajstić information content (AvgIpc) is 2.87. The maximum Gasteiger partial charge on any atom is 0.256 e. The van der Waals surface area contributed by atoms with Gasteiger partial charge in [-0.25, -0.2) is 0 Å². The van der Waals surface area contributed by atoms with Crippen molar-refractivity contribution in [2.75, 3.05) is 32.3 Å². The topological polar surface area (TPSA) is 68.2 Å². The number of halogens is 1. The molecule has 2 aromatic rings. The van der Waals surface area contributed by atoms with Gasteiger partial charge in [0.05, 0.1) is 14.2 Å². The van der Waals surface area contributed by atoms with Gasteiger partial charge in [-0.15, -0.1) is 0 Å². The number of ether oxygens (including phenoxy) is 3. The van der Waals surface area contributed by atoms with Crippen molar-refractivity contribution in [3.05, 3.63) is 52.5 Å². The minimum atomic E-state index is -0.665. The van der Waals surface area contributed by atoms with Gasteiger partial charge in [-0.3, -0.25) is 4.79 Å². The second kappa shape index (κ2) is 11.5. The number of carbonyl (C=O) groups excluding carboxylic acids is 1. The van der Waals surface area contributed by atoms with E-state index in [0.717, 1.165) is 11.1 Å². The fourth-order valence-corrected chi connectivity index (χ4v) is 4.02. The van der Waals surface area contributed by atoms with Crippen LogP contribution in [-0.4, -0.2) is 44.5 Å². The number of rotatable bonds is 7.